The molecule has 1 N–H and O–H groups in total. The van der Waals surface area contributed by atoms with Gasteiger partial charge in [-0.1, -0.05) is 30.3 Å². The topological polar surface area (TPSA) is 74.5 Å². The molecule has 1 aromatic heterocycles. The van der Waals surface area contributed by atoms with E-state index in [1.807, 2.05) is 0 Å². The Labute approximate surface area is 154 Å². The Bertz CT molecular complexity index is 703. The van der Waals surface area contributed by atoms with E-state index in [4.69, 9.17) is 4.42 Å². The van der Waals surface area contributed by atoms with Gasteiger partial charge < -0.3 is 19.5 Å². The lowest BCUT2D eigenvalue weighted by Gasteiger charge is -2.33. The average molecular weight is 357 g/mol. The lowest BCUT2D eigenvalue weighted by atomic mass is 9.91. The number of nitrogens with one attached hydrogen (secondary N) is 1. The molecule has 2 aromatic rings. The Morgan fingerprint density at radius 1 is 1.35 bits per heavy atom. The second-order valence-electron chi connectivity index (χ2n) is 6.85. The number of rotatable bonds is 6. The maximum absolute atomic E-state index is 12.2. The van der Waals surface area contributed by atoms with Crippen LogP contribution >= 0.6 is 0 Å². The maximum atomic E-state index is 12.2. The van der Waals surface area contributed by atoms with E-state index in [0.717, 1.165) is 19.6 Å². The van der Waals surface area contributed by atoms with Crippen LogP contribution in [0, 0.1) is 6.92 Å². The molecule has 2 heterocycles. The first-order chi connectivity index (χ1) is 12.6. The van der Waals surface area contributed by atoms with Gasteiger partial charge in [-0.3, -0.25) is 0 Å². The van der Waals surface area contributed by atoms with Crippen molar-refractivity contribution in [1.29, 1.82) is 0 Å². The number of carbonyl (C=O) groups excluding carboxylic acids is 1. The van der Waals surface area contributed by atoms with Crippen LogP contribution < -0.4 is 5.32 Å². The van der Waals surface area contributed by atoms with E-state index in [9.17, 15) is 4.79 Å². The number of likely N-dealkylation sites (tertiary alicyclic amines) is 1. The van der Waals surface area contributed by atoms with Crippen molar-refractivity contribution in [1.82, 2.24) is 25.3 Å². The maximum Gasteiger partial charge on any atom is 0.317 e. The van der Waals surface area contributed by atoms with Gasteiger partial charge in [0.2, 0.25) is 11.8 Å². The minimum absolute atomic E-state index is 0.127. The molecule has 0 unspecified atom stereocenters. The average Bonchev–Trinajstić information content (AvgIpc) is 3.07. The fraction of sp³-hybridized carbons (Fsp3) is 0.526. The van der Waals surface area contributed by atoms with Crippen LogP contribution in [0.5, 0.6) is 0 Å². The van der Waals surface area contributed by atoms with Gasteiger partial charge in [-0.15, -0.1) is 10.2 Å². The number of urea groups is 1. The number of amides is 2. The zero-order valence-electron chi connectivity index (χ0n) is 15.5. The monoisotopic (exact) mass is 357 g/mol. The molecule has 7 heteroatoms. The molecule has 1 atom stereocenters. The summed E-state index contributed by atoms with van der Waals surface area (Å²) < 4.78 is 5.31. The lowest BCUT2D eigenvalue weighted by Crippen LogP contribution is -2.43. The predicted molar refractivity (Wildman–Crippen MR) is 98.8 cm³/mol. The highest BCUT2D eigenvalue weighted by atomic mass is 16.4. The van der Waals surface area contributed by atoms with Gasteiger partial charge in [0.15, 0.2) is 0 Å². The van der Waals surface area contributed by atoms with E-state index in [1.54, 1.807) is 18.9 Å². The smallest absolute Gasteiger partial charge is 0.317 e. The number of carbonyl (C=O) groups is 1. The summed E-state index contributed by atoms with van der Waals surface area (Å²) in [5.74, 6) is 1.54. The number of hydrogen-bond acceptors (Lipinski definition) is 5. The van der Waals surface area contributed by atoms with Crippen LogP contribution in [0.2, 0.25) is 0 Å². The number of aryl methyl sites for hydroxylation is 1. The molecule has 3 rings (SSSR count). The molecule has 26 heavy (non-hydrogen) atoms. The van der Waals surface area contributed by atoms with Crippen LogP contribution in [0.25, 0.3) is 0 Å². The van der Waals surface area contributed by atoms with Gasteiger partial charge >= 0.3 is 6.03 Å². The van der Waals surface area contributed by atoms with E-state index < -0.39 is 0 Å². The summed E-state index contributed by atoms with van der Waals surface area (Å²) in [6.07, 6.45) is 2.43. The normalized spacial score (nSPS) is 17.8. The first-order valence-corrected chi connectivity index (χ1v) is 9.17. The van der Waals surface area contributed by atoms with E-state index in [2.05, 4.69) is 50.7 Å². The summed E-state index contributed by atoms with van der Waals surface area (Å²) in [6.45, 7) is 5.69. The van der Waals surface area contributed by atoms with Crippen molar-refractivity contribution in [2.45, 2.75) is 32.2 Å². The summed E-state index contributed by atoms with van der Waals surface area (Å²) in [5, 5.41) is 10.7. The molecule has 1 aromatic carbocycles. The van der Waals surface area contributed by atoms with Crippen molar-refractivity contribution in [3.8, 4) is 0 Å². The fourth-order valence-corrected chi connectivity index (χ4v) is 3.39. The molecule has 0 bridgehead atoms. The van der Waals surface area contributed by atoms with Gasteiger partial charge in [0.05, 0.1) is 0 Å². The highest BCUT2D eigenvalue weighted by molar-refractivity contribution is 5.73. The van der Waals surface area contributed by atoms with Crippen molar-refractivity contribution in [3.63, 3.8) is 0 Å². The Morgan fingerprint density at radius 2 is 2.15 bits per heavy atom. The zero-order chi connectivity index (χ0) is 18.4. The summed E-state index contributed by atoms with van der Waals surface area (Å²) in [6, 6.07) is 10.6. The standard InChI is InChI=1S/C19H27N5O2/c1-15-21-22-18(26-15)14-23(2)19(25)20-10-12-24-11-6-9-17(13-24)16-7-4-3-5-8-16/h3-5,7-8,17H,6,9-14H2,1-2H3,(H,20,25)/t17-/m1/s1. The van der Waals surface area contributed by atoms with Crippen LogP contribution in [-0.2, 0) is 6.54 Å². The van der Waals surface area contributed by atoms with Crippen LogP contribution in [0.4, 0.5) is 4.79 Å². The second kappa shape index (κ2) is 8.80. The third-order valence-corrected chi connectivity index (χ3v) is 4.77. The molecular weight excluding hydrogens is 330 g/mol. The van der Waals surface area contributed by atoms with E-state index in [1.165, 1.54) is 18.4 Å². The molecule has 1 aliphatic heterocycles. The summed E-state index contributed by atoms with van der Waals surface area (Å²) in [5.41, 5.74) is 1.41. The number of aromatic nitrogens is 2. The first-order valence-electron chi connectivity index (χ1n) is 9.17. The van der Waals surface area contributed by atoms with Crippen molar-refractivity contribution in [2.24, 2.45) is 0 Å². The molecule has 1 saturated heterocycles. The molecule has 0 saturated carbocycles. The minimum atomic E-state index is -0.127. The Hall–Kier alpha value is -2.41. The summed E-state index contributed by atoms with van der Waals surface area (Å²) in [4.78, 5) is 16.2. The molecule has 1 fully saturated rings. The number of hydrogen-bond donors (Lipinski definition) is 1. The van der Waals surface area contributed by atoms with Crippen molar-refractivity contribution in [3.05, 3.63) is 47.7 Å². The van der Waals surface area contributed by atoms with Crippen molar-refractivity contribution < 1.29 is 9.21 Å². The van der Waals surface area contributed by atoms with Gasteiger partial charge in [0.25, 0.3) is 0 Å². The van der Waals surface area contributed by atoms with Gasteiger partial charge in [-0.2, -0.15) is 0 Å². The SMILES string of the molecule is Cc1nnc(CN(C)C(=O)NCCN2CCC[C@@H](c3ccccc3)C2)o1. The highest BCUT2D eigenvalue weighted by Gasteiger charge is 2.21. The Morgan fingerprint density at radius 3 is 2.88 bits per heavy atom. The van der Waals surface area contributed by atoms with E-state index in [0.29, 0.717) is 30.8 Å². The van der Waals surface area contributed by atoms with Gasteiger partial charge in [0, 0.05) is 33.6 Å². The molecule has 140 valence electrons. The number of nitrogens with zero attached hydrogens (tertiary/aromatic N) is 4. The largest absolute Gasteiger partial charge is 0.424 e. The van der Waals surface area contributed by atoms with E-state index >= 15 is 0 Å². The van der Waals surface area contributed by atoms with Crippen LogP contribution in [0.1, 0.15) is 36.1 Å². The molecule has 0 aliphatic carbocycles. The number of piperidine rings is 1. The molecule has 2 amide bonds. The van der Waals surface area contributed by atoms with E-state index in [-0.39, 0.29) is 6.03 Å². The van der Waals surface area contributed by atoms with Crippen molar-refractivity contribution in [2.75, 3.05) is 33.2 Å². The minimum Gasteiger partial charge on any atom is -0.424 e. The van der Waals surface area contributed by atoms with Crippen LogP contribution in [0.3, 0.4) is 0 Å². The summed E-state index contributed by atoms with van der Waals surface area (Å²) >= 11 is 0. The Balaban J connectivity index is 1.40. The van der Waals surface area contributed by atoms with Gasteiger partial charge in [0.1, 0.15) is 6.54 Å². The molecule has 7 nitrogen and oxygen atoms in total. The molecule has 1 aliphatic rings. The van der Waals surface area contributed by atoms with Crippen LogP contribution in [0.15, 0.2) is 34.7 Å². The van der Waals surface area contributed by atoms with Crippen LogP contribution in [-0.4, -0.2) is 59.3 Å². The number of benzene rings is 1. The van der Waals surface area contributed by atoms with Gasteiger partial charge in [-0.25, -0.2) is 4.79 Å². The quantitative estimate of drug-likeness (QED) is 0.859. The zero-order valence-corrected chi connectivity index (χ0v) is 15.5. The molecule has 0 spiro atoms. The molecule has 0 radical (unpaired) electrons. The lowest BCUT2D eigenvalue weighted by molar-refractivity contribution is 0.189. The molecular formula is C19H27N5O2. The third kappa shape index (κ3) is 5.05. The fourth-order valence-electron chi connectivity index (χ4n) is 3.39. The Kier molecular flexibility index (Phi) is 6.22. The second-order valence-corrected chi connectivity index (χ2v) is 6.85. The van der Waals surface area contributed by atoms with Crippen molar-refractivity contribution >= 4 is 6.03 Å². The first kappa shape index (κ1) is 18.4. The summed E-state index contributed by atoms with van der Waals surface area (Å²) in [7, 11) is 1.72. The third-order valence-electron chi connectivity index (χ3n) is 4.77. The van der Waals surface area contributed by atoms with Gasteiger partial charge in [-0.05, 0) is 30.9 Å². The predicted octanol–water partition coefficient (Wildman–Crippen LogP) is 2.40. The highest BCUT2D eigenvalue weighted by Crippen LogP contribution is 2.26.